The summed E-state index contributed by atoms with van der Waals surface area (Å²) in [6.07, 6.45) is 1.71. The first-order valence-corrected chi connectivity index (χ1v) is 10.3. The van der Waals surface area contributed by atoms with E-state index in [0.29, 0.717) is 29.4 Å². The molecule has 0 fully saturated rings. The number of aryl methyl sites for hydroxylation is 1. The maximum absolute atomic E-state index is 13.8. The molecule has 0 saturated carbocycles. The lowest BCUT2D eigenvalue weighted by atomic mass is 10.2. The molecular formula is C23H20FN3O2S. The summed E-state index contributed by atoms with van der Waals surface area (Å²) in [4.78, 5) is 13.1. The molecule has 0 bridgehead atoms. The molecule has 4 rings (SSSR count). The molecule has 5 nitrogen and oxygen atoms in total. The van der Waals surface area contributed by atoms with Crippen molar-refractivity contribution in [3.63, 3.8) is 0 Å². The summed E-state index contributed by atoms with van der Waals surface area (Å²) in [7, 11) is 0. The van der Waals surface area contributed by atoms with Gasteiger partial charge in [0.05, 0.1) is 11.4 Å². The molecule has 152 valence electrons. The maximum Gasteiger partial charge on any atom is 0.266 e. The van der Waals surface area contributed by atoms with Crippen LogP contribution in [0.4, 0.5) is 10.2 Å². The minimum Gasteiger partial charge on any atom is -0.489 e. The van der Waals surface area contributed by atoms with E-state index < -0.39 is 0 Å². The third-order valence-corrected chi connectivity index (χ3v) is 5.45. The van der Waals surface area contributed by atoms with Gasteiger partial charge in [0.15, 0.2) is 5.82 Å². The highest BCUT2D eigenvalue weighted by Gasteiger charge is 2.12. The Morgan fingerprint density at radius 2 is 1.97 bits per heavy atom. The summed E-state index contributed by atoms with van der Waals surface area (Å²) >= 11 is 1.35. The molecule has 0 radical (unpaired) electrons. The number of ether oxygens (including phenoxy) is 1. The topological polar surface area (TPSA) is 56.1 Å². The first-order chi connectivity index (χ1) is 14.6. The highest BCUT2D eigenvalue weighted by Crippen LogP contribution is 2.19. The molecular weight excluding hydrogens is 401 g/mol. The lowest BCUT2D eigenvalue weighted by Crippen LogP contribution is -2.11. The molecule has 1 amide bonds. The van der Waals surface area contributed by atoms with Gasteiger partial charge < -0.3 is 10.1 Å². The lowest BCUT2D eigenvalue weighted by molar-refractivity contribution is 0.103. The first-order valence-electron chi connectivity index (χ1n) is 9.42. The fraction of sp³-hybridized carbons (Fsp3) is 0.130. The van der Waals surface area contributed by atoms with Crippen molar-refractivity contribution in [1.29, 1.82) is 0 Å². The average molecular weight is 421 g/mol. The number of hydrogen-bond donors (Lipinski definition) is 1. The maximum atomic E-state index is 13.8. The number of anilines is 1. The van der Waals surface area contributed by atoms with Gasteiger partial charge in [0, 0.05) is 23.4 Å². The van der Waals surface area contributed by atoms with Crippen LogP contribution in [0.1, 0.15) is 26.4 Å². The van der Waals surface area contributed by atoms with Gasteiger partial charge in [0.1, 0.15) is 18.2 Å². The Morgan fingerprint density at radius 3 is 2.77 bits per heavy atom. The Bertz CT molecular complexity index is 1150. The Morgan fingerprint density at radius 1 is 1.17 bits per heavy atom. The molecule has 2 heterocycles. The second-order valence-corrected chi connectivity index (χ2v) is 7.78. The van der Waals surface area contributed by atoms with Crippen LogP contribution in [0.25, 0.3) is 0 Å². The van der Waals surface area contributed by atoms with Crippen LogP contribution in [-0.4, -0.2) is 15.7 Å². The van der Waals surface area contributed by atoms with Crippen LogP contribution < -0.4 is 10.1 Å². The molecule has 0 aliphatic carbocycles. The molecule has 0 aliphatic rings. The smallest absolute Gasteiger partial charge is 0.266 e. The van der Waals surface area contributed by atoms with Gasteiger partial charge in [0.2, 0.25) is 0 Å². The number of carbonyl (C=O) groups is 1. The number of nitrogens with zero attached hydrogens (tertiary/aromatic N) is 2. The monoisotopic (exact) mass is 421 g/mol. The van der Waals surface area contributed by atoms with Gasteiger partial charge in [-0.1, -0.05) is 35.9 Å². The Kier molecular flexibility index (Phi) is 5.90. The van der Waals surface area contributed by atoms with Crippen molar-refractivity contribution in [3.05, 3.63) is 99.6 Å². The van der Waals surface area contributed by atoms with E-state index in [0.717, 1.165) is 11.3 Å². The van der Waals surface area contributed by atoms with E-state index in [1.54, 1.807) is 35.1 Å². The highest BCUT2D eigenvalue weighted by molar-refractivity contribution is 7.12. The van der Waals surface area contributed by atoms with Crippen LogP contribution in [0.5, 0.6) is 5.75 Å². The summed E-state index contributed by atoms with van der Waals surface area (Å²) in [5.74, 6) is 0.690. The van der Waals surface area contributed by atoms with E-state index in [1.165, 1.54) is 23.0 Å². The number of nitrogens with one attached hydrogen (secondary N) is 1. The van der Waals surface area contributed by atoms with Gasteiger partial charge in [0.25, 0.3) is 5.91 Å². The summed E-state index contributed by atoms with van der Waals surface area (Å²) < 4.78 is 21.1. The van der Waals surface area contributed by atoms with Crippen molar-refractivity contribution >= 4 is 23.1 Å². The van der Waals surface area contributed by atoms with E-state index in [4.69, 9.17) is 4.74 Å². The molecule has 1 N–H and O–H groups in total. The van der Waals surface area contributed by atoms with Crippen LogP contribution in [0.2, 0.25) is 0 Å². The van der Waals surface area contributed by atoms with Gasteiger partial charge in [-0.3, -0.25) is 9.48 Å². The number of halogens is 1. The molecule has 30 heavy (non-hydrogen) atoms. The second kappa shape index (κ2) is 8.92. The quantitative estimate of drug-likeness (QED) is 0.442. The molecule has 2 aromatic heterocycles. The largest absolute Gasteiger partial charge is 0.489 e. The van der Waals surface area contributed by atoms with Gasteiger partial charge >= 0.3 is 0 Å². The number of hydrogen-bond acceptors (Lipinski definition) is 4. The average Bonchev–Trinajstić information content (AvgIpc) is 3.39. The number of carbonyl (C=O) groups excluding carboxylic acids is 1. The molecule has 7 heteroatoms. The number of rotatable bonds is 7. The standard InChI is InChI=1S/C23H20FN3O2S/c1-16-6-8-19(9-7-16)29-14-17-12-21(30-15-17)23(28)25-22-10-11-27(26-22)13-18-4-2-3-5-20(18)24/h2-12,15H,13-14H2,1H3,(H,25,26,28). The van der Waals surface area contributed by atoms with Crippen molar-refractivity contribution in [1.82, 2.24) is 9.78 Å². The van der Waals surface area contributed by atoms with Crippen LogP contribution in [-0.2, 0) is 13.2 Å². The van der Waals surface area contributed by atoms with Gasteiger partial charge in [-0.05, 0) is 36.6 Å². The van der Waals surface area contributed by atoms with Crippen molar-refractivity contribution < 1.29 is 13.9 Å². The van der Waals surface area contributed by atoms with Crippen LogP contribution in [0.3, 0.4) is 0 Å². The zero-order chi connectivity index (χ0) is 20.9. The molecule has 0 spiro atoms. The second-order valence-electron chi connectivity index (χ2n) is 6.87. The summed E-state index contributed by atoms with van der Waals surface area (Å²) in [5, 5.41) is 8.98. The molecule has 0 atom stereocenters. The lowest BCUT2D eigenvalue weighted by Gasteiger charge is -2.04. The fourth-order valence-corrected chi connectivity index (χ4v) is 3.66. The predicted molar refractivity (Wildman–Crippen MR) is 116 cm³/mol. The van der Waals surface area contributed by atoms with Crippen LogP contribution >= 0.6 is 11.3 Å². The van der Waals surface area contributed by atoms with E-state index in [1.807, 2.05) is 42.6 Å². The number of benzene rings is 2. The Hall–Kier alpha value is -3.45. The number of amides is 1. The van der Waals surface area contributed by atoms with E-state index in [2.05, 4.69) is 10.4 Å². The van der Waals surface area contributed by atoms with Crippen molar-refractivity contribution in [3.8, 4) is 5.75 Å². The minimum atomic E-state index is -0.280. The van der Waals surface area contributed by atoms with Gasteiger partial charge in [-0.25, -0.2) is 4.39 Å². The summed E-state index contributed by atoms with van der Waals surface area (Å²) in [5.41, 5.74) is 2.64. The van der Waals surface area contributed by atoms with Crippen LogP contribution in [0.15, 0.2) is 72.2 Å². The Balaban J connectivity index is 1.34. The van der Waals surface area contributed by atoms with Crippen LogP contribution in [0, 0.1) is 12.7 Å². The van der Waals surface area contributed by atoms with E-state index in [9.17, 15) is 9.18 Å². The van der Waals surface area contributed by atoms with Crippen molar-refractivity contribution in [2.45, 2.75) is 20.1 Å². The highest BCUT2D eigenvalue weighted by atomic mass is 32.1. The first kappa shape index (κ1) is 19.8. The third kappa shape index (κ3) is 4.93. The fourth-order valence-electron chi connectivity index (χ4n) is 2.87. The molecule has 4 aromatic rings. The predicted octanol–water partition coefficient (Wildman–Crippen LogP) is 5.27. The van der Waals surface area contributed by atoms with Crippen molar-refractivity contribution in [2.24, 2.45) is 0 Å². The molecule has 0 saturated heterocycles. The molecule has 2 aromatic carbocycles. The normalized spacial score (nSPS) is 10.7. The van der Waals surface area contributed by atoms with Gasteiger partial charge in [-0.2, -0.15) is 5.10 Å². The van der Waals surface area contributed by atoms with E-state index in [-0.39, 0.29) is 11.7 Å². The molecule has 0 unspecified atom stereocenters. The zero-order valence-electron chi connectivity index (χ0n) is 16.3. The summed E-state index contributed by atoms with van der Waals surface area (Å²) in [6.45, 7) is 2.71. The zero-order valence-corrected chi connectivity index (χ0v) is 17.2. The number of thiophene rings is 1. The van der Waals surface area contributed by atoms with Gasteiger partial charge in [-0.15, -0.1) is 11.3 Å². The third-order valence-electron chi connectivity index (χ3n) is 4.48. The SMILES string of the molecule is Cc1ccc(OCc2csc(C(=O)Nc3ccn(Cc4ccccc4F)n3)c2)cc1. The molecule has 0 aliphatic heterocycles. The number of aromatic nitrogens is 2. The minimum absolute atomic E-state index is 0.238. The Labute approximate surface area is 177 Å². The van der Waals surface area contributed by atoms with Crippen molar-refractivity contribution in [2.75, 3.05) is 5.32 Å². The van der Waals surface area contributed by atoms with E-state index >= 15 is 0 Å². The summed E-state index contributed by atoms with van der Waals surface area (Å²) in [6, 6.07) is 17.9.